The van der Waals surface area contributed by atoms with Crippen LogP contribution in [0, 0.1) is 0 Å². The molecule has 2 heterocycles. The quantitative estimate of drug-likeness (QED) is 0.752. The van der Waals surface area contributed by atoms with E-state index in [1.807, 2.05) is 0 Å². The number of nitrogens with zero attached hydrogens (tertiary/aromatic N) is 1. The fourth-order valence-electron chi connectivity index (χ4n) is 2.72. The van der Waals surface area contributed by atoms with Crippen molar-refractivity contribution in [3.05, 3.63) is 28.0 Å². The zero-order valence-electron chi connectivity index (χ0n) is 10.3. The van der Waals surface area contributed by atoms with E-state index in [4.69, 9.17) is 11.6 Å². The average molecular weight is 249 g/mol. The summed E-state index contributed by atoms with van der Waals surface area (Å²) < 4.78 is 0. The number of fused-ring (bicyclic) bond motifs is 3. The van der Waals surface area contributed by atoms with E-state index in [2.05, 4.69) is 29.9 Å². The van der Waals surface area contributed by atoms with Gasteiger partial charge in [0.05, 0.1) is 0 Å². The molecule has 2 aromatic rings. The van der Waals surface area contributed by atoms with Gasteiger partial charge in [-0.2, -0.15) is 0 Å². The highest BCUT2D eigenvalue weighted by Gasteiger charge is 2.18. The third kappa shape index (κ3) is 1.75. The summed E-state index contributed by atoms with van der Waals surface area (Å²) in [5.74, 6) is 0.425. The summed E-state index contributed by atoms with van der Waals surface area (Å²) >= 11 is 6.23. The van der Waals surface area contributed by atoms with Gasteiger partial charge in [0.2, 0.25) is 0 Å². The Balaban J connectivity index is 2.26. The largest absolute Gasteiger partial charge is 0.343 e. The van der Waals surface area contributed by atoms with Crippen LogP contribution in [0.15, 0.2) is 6.07 Å². The number of pyridine rings is 1. The highest BCUT2D eigenvalue weighted by molar-refractivity contribution is 6.30. The summed E-state index contributed by atoms with van der Waals surface area (Å²) in [6, 6.07) is 2.23. The molecule has 17 heavy (non-hydrogen) atoms. The van der Waals surface area contributed by atoms with Crippen LogP contribution in [-0.2, 0) is 12.8 Å². The van der Waals surface area contributed by atoms with Crippen LogP contribution >= 0.6 is 11.6 Å². The van der Waals surface area contributed by atoms with E-state index in [-0.39, 0.29) is 0 Å². The molecule has 2 nitrogen and oxygen atoms in total. The summed E-state index contributed by atoms with van der Waals surface area (Å²) in [6.07, 6.45) is 4.90. The van der Waals surface area contributed by atoms with Gasteiger partial charge in [-0.1, -0.05) is 25.4 Å². The van der Waals surface area contributed by atoms with Crippen LogP contribution in [0.4, 0.5) is 0 Å². The van der Waals surface area contributed by atoms with E-state index in [1.165, 1.54) is 35.9 Å². The highest BCUT2D eigenvalue weighted by Crippen LogP contribution is 2.32. The molecular formula is C14H17ClN2. The molecule has 0 bridgehead atoms. The lowest BCUT2D eigenvalue weighted by molar-refractivity contribution is 0.680. The fraction of sp³-hybridized carbons (Fsp3) is 0.500. The first-order valence-corrected chi connectivity index (χ1v) is 6.74. The predicted octanol–water partition coefficient (Wildman–Crippen LogP) is 4.22. The van der Waals surface area contributed by atoms with E-state index in [9.17, 15) is 0 Å². The van der Waals surface area contributed by atoms with Gasteiger partial charge in [-0.15, -0.1) is 0 Å². The number of nitrogens with one attached hydrogen (secondary N) is 1. The second-order valence-electron chi connectivity index (χ2n) is 5.21. The minimum Gasteiger partial charge on any atom is -0.343 e. The summed E-state index contributed by atoms with van der Waals surface area (Å²) in [5.41, 5.74) is 4.96. The molecule has 0 saturated carbocycles. The Bertz CT molecular complexity index is 569. The molecule has 1 aliphatic rings. The minimum absolute atomic E-state index is 0.425. The number of H-pyrrole nitrogens is 1. The lowest BCUT2D eigenvalue weighted by atomic mass is 9.95. The molecule has 3 rings (SSSR count). The van der Waals surface area contributed by atoms with Crippen LogP contribution in [0.3, 0.4) is 0 Å². The first kappa shape index (κ1) is 11.1. The summed E-state index contributed by atoms with van der Waals surface area (Å²) in [7, 11) is 0. The third-order valence-corrected chi connectivity index (χ3v) is 3.99. The number of aromatic amines is 1. The monoisotopic (exact) mass is 248 g/mol. The highest BCUT2D eigenvalue weighted by atomic mass is 35.5. The molecule has 0 aliphatic heterocycles. The van der Waals surface area contributed by atoms with Gasteiger partial charge in [0.25, 0.3) is 0 Å². The first-order chi connectivity index (χ1) is 8.16. The maximum atomic E-state index is 6.23. The van der Waals surface area contributed by atoms with Crippen molar-refractivity contribution in [3.63, 3.8) is 0 Å². The Morgan fingerprint density at radius 2 is 2.06 bits per heavy atom. The van der Waals surface area contributed by atoms with Crippen molar-refractivity contribution in [1.82, 2.24) is 9.97 Å². The van der Waals surface area contributed by atoms with Crippen molar-refractivity contribution in [1.29, 1.82) is 0 Å². The van der Waals surface area contributed by atoms with Gasteiger partial charge in [0, 0.05) is 11.1 Å². The summed E-state index contributed by atoms with van der Waals surface area (Å²) in [4.78, 5) is 7.94. The molecule has 0 saturated heterocycles. The van der Waals surface area contributed by atoms with Crippen LogP contribution in [0.25, 0.3) is 11.0 Å². The number of aromatic nitrogens is 2. The first-order valence-electron chi connectivity index (χ1n) is 6.36. The fourth-order valence-corrected chi connectivity index (χ4v) is 3.08. The van der Waals surface area contributed by atoms with Crippen molar-refractivity contribution >= 4 is 22.6 Å². The molecule has 1 N–H and O–H groups in total. The van der Waals surface area contributed by atoms with Crippen molar-refractivity contribution in [2.24, 2.45) is 0 Å². The van der Waals surface area contributed by atoms with Crippen LogP contribution in [0.5, 0.6) is 0 Å². The lowest BCUT2D eigenvalue weighted by Crippen LogP contribution is -2.00. The Morgan fingerprint density at radius 1 is 1.29 bits per heavy atom. The van der Waals surface area contributed by atoms with E-state index in [1.54, 1.807) is 0 Å². The number of hydrogen-bond acceptors (Lipinski definition) is 1. The number of rotatable bonds is 1. The van der Waals surface area contributed by atoms with Gasteiger partial charge in [-0.25, -0.2) is 4.98 Å². The predicted molar refractivity (Wildman–Crippen MR) is 71.8 cm³/mol. The van der Waals surface area contributed by atoms with Gasteiger partial charge in [-0.3, -0.25) is 0 Å². The zero-order chi connectivity index (χ0) is 12.0. The summed E-state index contributed by atoms with van der Waals surface area (Å²) in [5, 5.41) is 1.93. The Kier molecular flexibility index (Phi) is 2.62. The number of halogens is 1. The lowest BCUT2D eigenvalue weighted by Gasteiger charge is -2.11. The topological polar surface area (TPSA) is 28.7 Å². The third-order valence-electron chi connectivity index (χ3n) is 3.69. The molecule has 0 spiro atoms. The molecule has 0 aromatic carbocycles. The maximum absolute atomic E-state index is 6.23. The van der Waals surface area contributed by atoms with Gasteiger partial charge in [-0.05, 0) is 48.8 Å². The molecule has 3 heteroatoms. The van der Waals surface area contributed by atoms with Crippen LogP contribution in [0.2, 0.25) is 5.15 Å². The van der Waals surface area contributed by atoms with E-state index >= 15 is 0 Å². The second kappa shape index (κ2) is 4.02. The molecule has 0 amide bonds. The molecule has 90 valence electrons. The smallest absolute Gasteiger partial charge is 0.139 e. The van der Waals surface area contributed by atoms with Crippen molar-refractivity contribution < 1.29 is 0 Å². The number of aryl methyl sites for hydroxylation is 2. The van der Waals surface area contributed by atoms with Crippen LogP contribution in [0.1, 0.15) is 49.4 Å². The number of hydrogen-bond donors (Lipinski definition) is 1. The Morgan fingerprint density at radius 3 is 2.82 bits per heavy atom. The van der Waals surface area contributed by atoms with E-state index in [0.29, 0.717) is 11.1 Å². The molecule has 0 radical (unpaired) electrons. The zero-order valence-corrected chi connectivity index (χ0v) is 11.1. The normalized spacial score (nSPS) is 15.5. The van der Waals surface area contributed by atoms with Crippen molar-refractivity contribution in [2.45, 2.75) is 45.4 Å². The second-order valence-corrected chi connectivity index (χ2v) is 5.57. The maximum Gasteiger partial charge on any atom is 0.139 e. The molecule has 2 aromatic heterocycles. The van der Waals surface area contributed by atoms with Gasteiger partial charge in [0.1, 0.15) is 10.8 Å². The van der Waals surface area contributed by atoms with E-state index in [0.717, 1.165) is 17.6 Å². The van der Waals surface area contributed by atoms with Gasteiger partial charge in [0.15, 0.2) is 0 Å². The molecule has 1 aliphatic carbocycles. The molecule has 0 fully saturated rings. The van der Waals surface area contributed by atoms with Crippen LogP contribution in [-0.4, -0.2) is 9.97 Å². The van der Waals surface area contributed by atoms with E-state index < -0.39 is 0 Å². The molecular weight excluding hydrogens is 232 g/mol. The average Bonchev–Trinajstić information content (AvgIpc) is 2.64. The SMILES string of the molecule is CC(C)c1cc2c3c([nH]c2nc1Cl)CCCC3. The van der Waals surface area contributed by atoms with Gasteiger partial charge >= 0.3 is 0 Å². The minimum atomic E-state index is 0.425. The molecule has 0 atom stereocenters. The van der Waals surface area contributed by atoms with Crippen molar-refractivity contribution in [2.75, 3.05) is 0 Å². The van der Waals surface area contributed by atoms with Crippen molar-refractivity contribution in [3.8, 4) is 0 Å². The molecule has 0 unspecified atom stereocenters. The van der Waals surface area contributed by atoms with Crippen LogP contribution < -0.4 is 0 Å². The van der Waals surface area contributed by atoms with Gasteiger partial charge < -0.3 is 4.98 Å². The summed E-state index contributed by atoms with van der Waals surface area (Å²) in [6.45, 7) is 4.32. The Labute approximate surface area is 106 Å². The standard InChI is InChI=1S/C14H17ClN2/c1-8(2)10-7-11-9-5-3-4-6-12(9)16-14(11)17-13(10)15/h7-8H,3-6H2,1-2H3,(H,16,17). The Hall–Kier alpha value is -1.02.